The Kier molecular flexibility index (Phi) is 3.94. The normalized spacial score (nSPS) is 20.9. The minimum Gasteiger partial charge on any atom is -0.393 e. The van der Waals surface area contributed by atoms with E-state index in [1.54, 1.807) is 11.6 Å². The van der Waals surface area contributed by atoms with Crippen molar-refractivity contribution in [2.45, 2.75) is 52.2 Å². The molecule has 19 heavy (non-hydrogen) atoms. The molecule has 0 saturated carbocycles. The molecule has 2 heterocycles. The quantitative estimate of drug-likeness (QED) is 0.899. The lowest BCUT2D eigenvalue weighted by atomic mass is 10.1. The van der Waals surface area contributed by atoms with Crippen molar-refractivity contribution < 1.29 is 9.90 Å². The van der Waals surface area contributed by atoms with Crippen LogP contribution >= 0.6 is 0 Å². The van der Waals surface area contributed by atoms with Crippen molar-refractivity contribution >= 4 is 5.91 Å². The number of rotatable bonds is 3. The molecule has 106 valence electrons. The van der Waals surface area contributed by atoms with Crippen molar-refractivity contribution in [2.75, 3.05) is 6.54 Å². The minimum absolute atomic E-state index is 0.0613. The number of hydrogen-bond donors (Lipinski definition) is 1. The summed E-state index contributed by atoms with van der Waals surface area (Å²) >= 11 is 0. The monoisotopic (exact) mass is 265 g/mol. The van der Waals surface area contributed by atoms with E-state index < -0.39 is 0 Å². The zero-order valence-electron chi connectivity index (χ0n) is 12.2. The molecule has 0 spiro atoms. The van der Waals surface area contributed by atoms with Gasteiger partial charge in [-0.2, -0.15) is 5.10 Å². The van der Waals surface area contributed by atoms with Crippen LogP contribution < -0.4 is 0 Å². The summed E-state index contributed by atoms with van der Waals surface area (Å²) < 4.78 is 1.75. The van der Waals surface area contributed by atoms with Gasteiger partial charge in [-0.3, -0.25) is 9.48 Å². The molecule has 0 radical (unpaired) electrons. The summed E-state index contributed by atoms with van der Waals surface area (Å²) in [7, 11) is 1.86. The molecule has 5 nitrogen and oxygen atoms in total. The van der Waals surface area contributed by atoms with Crippen LogP contribution in [0.5, 0.6) is 0 Å². The predicted octanol–water partition coefficient (Wildman–Crippen LogP) is 1.41. The van der Waals surface area contributed by atoms with E-state index in [0.29, 0.717) is 6.42 Å². The Labute approximate surface area is 114 Å². The van der Waals surface area contributed by atoms with Crippen molar-refractivity contribution in [3.8, 4) is 0 Å². The minimum atomic E-state index is -0.366. The molecule has 0 aromatic carbocycles. The number of aliphatic hydroxyl groups excluding tert-OH is 1. The second-order valence-corrected chi connectivity index (χ2v) is 5.55. The molecule has 1 aromatic heterocycles. The van der Waals surface area contributed by atoms with Gasteiger partial charge in [0.05, 0.1) is 17.4 Å². The largest absolute Gasteiger partial charge is 0.393 e. The van der Waals surface area contributed by atoms with Crippen LogP contribution in [0, 0.1) is 13.8 Å². The van der Waals surface area contributed by atoms with E-state index in [9.17, 15) is 9.90 Å². The van der Waals surface area contributed by atoms with Gasteiger partial charge >= 0.3 is 0 Å². The third-order valence-corrected chi connectivity index (χ3v) is 3.97. The Morgan fingerprint density at radius 3 is 2.74 bits per heavy atom. The van der Waals surface area contributed by atoms with E-state index in [0.717, 1.165) is 36.3 Å². The Morgan fingerprint density at radius 2 is 2.21 bits per heavy atom. The van der Waals surface area contributed by atoms with Gasteiger partial charge in [-0.05, 0) is 40.0 Å². The molecule has 1 aliphatic rings. The lowest BCUT2D eigenvalue weighted by Crippen LogP contribution is -2.37. The molecule has 1 N–H and O–H groups in total. The van der Waals surface area contributed by atoms with Gasteiger partial charge < -0.3 is 10.0 Å². The second kappa shape index (κ2) is 5.33. The summed E-state index contributed by atoms with van der Waals surface area (Å²) in [6.45, 7) is 6.36. The fourth-order valence-electron chi connectivity index (χ4n) is 2.97. The topological polar surface area (TPSA) is 58.4 Å². The SMILES string of the molecule is Cc1nn(C)c(C)c1C(=O)N1CCCC1CC(C)O. The average molecular weight is 265 g/mol. The number of hydrogen-bond acceptors (Lipinski definition) is 3. The van der Waals surface area contributed by atoms with Gasteiger partial charge in [0, 0.05) is 25.3 Å². The highest BCUT2D eigenvalue weighted by atomic mass is 16.3. The summed E-state index contributed by atoms with van der Waals surface area (Å²) in [5.74, 6) is 0.0613. The highest BCUT2D eigenvalue weighted by Crippen LogP contribution is 2.25. The van der Waals surface area contributed by atoms with Gasteiger partial charge in [-0.1, -0.05) is 0 Å². The fourth-order valence-corrected chi connectivity index (χ4v) is 2.97. The number of aryl methyl sites for hydroxylation is 2. The Balaban J connectivity index is 2.23. The van der Waals surface area contributed by atoms with Gasteiger partial charge in [-0.15, -0.1) is 0 Å². The molecule has 2 unspecified atom stereocenters. The van der Waals surface area contributed by atoms with Gasteiger partial charge in [0.1, 0.15) is 0 Å². The Hall–Kier alpha value is -1.36. The zero-order valence-corrected chi connectivity index (χ0v) is 12.2. The molecule has 2 atom stereocenters. The Bertz CT molecular complexity index is 479. The molecule has 1 amide bonds. The van der Waals surface area contributed by atoms with Crippen LogP contribution in [0.1, 0.15) is 47.9 Å². The van der Waals surface area contributed by atoms with Crippen LogP contribution in [0.15, 0.2) is 0 Å². The van der Waals surface area contributed by atoms with Gasteiger partial charge in [0.25, 0.3) is 5.91 Å². The van der Waals surface area contributed by atoms with Crippen LogP contribution in [-0.4, -0.2) is 44.4 Å². The summed E-state index contributed by atoms with van der Waals surface area (Å²) in [5.41, 5.74) is 2.41. The first kappa shape index (κ1) is 14.1. The lowest BCUT2D eigenvalue weighted by Gasteiger charge is -2.25. The predicted molar refractivity (Wildman–Crippen MR) is 73.0 cm³/mol. The summed E-state index contributed by atoms with van der Waals surface area (Å²) in [6.07, 6.45) is 2.29. The molecule has 1 aliphatic heterocycles. The summed E-state index contributed by atoms with van der Waals surface area (Å²) in [4.78, 5) is 14.6. The van der Waals surface area contributed by atoms with Crippen LogP contribution in [0.3, 0.4) is 0 Å². The smallest absolute Gasteiger partial charge is 0.257 e. The van der Waals surface area contributed by atoms with E-state index in [1.807, 2.05) is 25.8 Å². The lowest BCUT2D eigenvalue weighted by molar-refractivity contribution is 0.0680. The molecule has 1 saturated heterocycles. The summed E-state index contributed by atoms with van der Waals surface area (Å²) in [5, 5.41) is 13.9. The van der Waals surface area contributed by atoms with E-state index in [-0.39, 0.29) is 18.1 Å². The highest BCUT2D eigenvalue weighted by Gasteiger charge is 2.32. The van der Waals surface area contributed by atoms with Crippen LogP contribution in [0.4, 0.5) is 0 Å². The molecule has 0 aliphatic carbocycles. The van der Waals surface area contributed by atoms with E-state index in [2.05, 4.69) is 5.10 Å². The number of likely N-dealkylation sites (tertiary alicyclic amines) is 1. The maximum atomic E-state index is 12.7. The van der Waals surface area contributed by atoms with Crippen LogP contribution in [0.25, 0.3) is 0 Å². The maximum Gasteiger partial charge on any atom is 0.257 e. The highest BCUT2D eigenvalue weighted by molar-refractivity contribution is 5.96. The third kappa shape index (κ3) is 2.66. The van der Waals surface area contributed by atoms with Crippen molar-refractivity contribution in [1.82, 2.24) is 14.7 Å². The van der Waals surface area contributed by atoms with Crippen LogP contribution in [-0.2, 0) is 7.05 Å². The molecule has 2 rings (SSSR count). The number of aromatic nitrogens is 2. The summed E-state index contributed by atoms with van der Waals surface area (Å²) in [6, 6.07) is 0.159. The molecule has 5 heteroatoms. The molecule has 1 aromatic rings. The molecule has 1 fully saturated rings. The van der Waals surface area contributed by atoms with Gasteiger partial charge in [-0.25, -0.2) is 0 Å². The number of amides is 1. The number of carbonyl (C=O) groups is 1. The van der Waals surface area contributed by atoms with E-state index in [4.69, 9.17) is 0 Å². The van der Waals surface area contributed by atoms with Crippen molar-refractivity contribution in [1.29, 1.82) is 0 Å². The maximum absolute atomic E-state index is 12.7. The molecule has 0 bridgehead atoms. The van der Waals surface area contributed by atoms with Crippen molar-refractivity contribution in [3.63, 3.8) is 0 Å². The number of carbonyl (C=O) groups excluding carboxylic acids is 1. The van der Waals surface area contributed by atoms with Gasteiger partial charge in [0.15, 0.2) is 0 Å². The first-order valence-corrected chi connectivity index (χ1v) is 6.91. The third-order valence-electron chi connectivity index (χ3n) is 3.97. The van der Waals surface area contributed by atoms with E-state index >= 15 is 0 Å². The zero-order chi connectivity index (χ0) is 14.2. The van der Waals surface area contributed by atoms with E-state index in [1.165, 1.54) is 0 Å². The Morgan fingerprint density at radius 1 is 1.53 bits per heavy atom. The number of aliphatic hydroxyl groups is 1. The first-order chi connectivity index (χ1) is 8.91. The average Bonchev–Trinajstić information content (AvgIpc) is 2.84. The van der Waals surface area contributed by atoms with Crippen molar-refractivity contribution in [2.24, 2.45) is 7.05 Å². The van der Waals surface area contributed by atoms with Crippen LogP contribution in [0.2, 0.25) is 0 Å². The molecular formula is C14H23N3O2. The fraction of sp³-hybridized carbons (Fsp3) is 0.714. The van der Waals surface area contributed by atoms with Crippen molar-refractivity contribution in [3.05, 3.63) is 17.0 Å². The molecular weight excluding hydrogens is 242 g/mol. The van der Waals surface area contributed by atoms with Gasteiger partial charge in [0.2, 0.25) is 0 Å². The standard InChI is InChI=1S/C14H23N3O2/c1-9(18)8-12-6-5-7-17(12)14(19)13-10(2)15-16(4)11(13)3/h9,12,18H,5-8H2,1-4H3. The first-order valence-electron chi connectivity index (χ1n) is 6.91. The second-order valence-electron chi connectivity index (χ2n) is 5.55. The number of nitrogens with zero attached hydrogens (tertiary/aromatic N) is 3.